The van der Waals surface area contributed by atoms with Crippen molar-refractivity contribution < 1.29 is 29.3 Å². The quantitative estimate of drug-likeness (QED) is 0.489. The molecule has 1 aliphatic heterocycles. The highest BCUT2D eigenvalue weighted by atomic mass is 16.6. The molecule has 2 bridgehead atoms. The second kappa shape index (κ2) is 7.36. The highest BCUT2D eigenvalue weighted by Gasteiger charge is 2.83. The molecule has 5 fully saturated rings. The fraction of sp³-hybridized carbons (Fsp3) is 0.900. The molecule has 1 saturated heterocycles. The Bertz CT molecular complexity index is 1010. The number of carbonyl (C=O) groups is 3. The topological polar surface area (TPSA) is 101 Å². The third-order valence-electron chi connectivity index (χ3n) is 12.8. The first-order chi connectivity index (χ1) is 16.4. The number of carboxylic acids is 1. The van der Waals surface area contributed by atoms with Crippen LogP contribution in [0.4, 0.5) is 0 Å². The van der Waals surface area contributed by atoms with Crippen LogP contribution in [0.15, 0.2) is 0 Å². The van der Waals surface area contributed by atoms with E-state index < -0.39 is 33.4 Å². The van der Waals surface area contributed by atoms with Crippen molar-refractivity contribution in [1.29, 1.82) is 0 Å². The van der Waals surface area contributed by atoms with Gasteiger partial charge in [0.05, 0.1) is 11.0 Å². The van der Waals surface area contributed by atoms with Crippen molar-refractivity contribution in [3.05, 3.63) is 0 Å². The summed E-state index contributed by atoms with van der Waals surface area (Å²) in [6.07, 6.45) is 6.46. The maximum Gasteiger partial charge on any atom is 0.313 e. The third-order valence-corrected chi connectivity index (χ3v) is 12.8. The average molecular weight is 503 g/mol. The lowest BCUT2D eigenvalue weighted by Gasteiger charge is -2.71. The minimum atomic E-state index is -1.10. The zero-order valence-electron chi connectivity index (χ0n) is 23.3. The first kappa shape index (κ1) is 26.2. The monoisotopic (exact) mass is 502 g/mol. The van der Waals surface area contributed by atoms with E-state index >= 15 is 0 Å². The largest absolute Gasteiger partial charge is 0.481 e. The van der Waals surface area contributed by atoms with Crippen molar-refractivity contribution in [2.45, 2.75) is 124 Å². The van der Waals surface area contributed by atoms with Gasteiger partial charge in [-0.15, -0.1) is 0 Å². The van der Waals surface area contributed by atoms with Gasteiger partial charge in [-0.3, -0.25) is 14.4 Å². The number of aliphatic hydroxyl groups is 1. The molecule has 0 aromatic rings. The Hall–Kier alpha value is -1.43. The maximum absolute atomic E-state index is 14.5. The number of hydrogen-bond donors (Lipinski definition) is 2. The van der Waals surface area contributed by atoms with Crippen LogP contribution in [0.3, 0.4) is 0 Å². The summed E-state index contributed by atoms with van der Waals surface area (Å²) in [6.45, 7) is 14.8. The number of ketones is 1. The van der Waals surface area contributed by atoms with E-state index in [4.69, 9.17) is 4.74 Å². The van der Waals surface area contributed by atoms with Gasteiger partial charge in [-0.05, 0) is 93.3 Å². The number of fused-ring (bicyclic) bond motifs is 2. The first-order valence-corrected chi connectivity index (χ1v) is 14.1. The summed E-state index contributed by atoms with van der Waals surface area (Å²) < 4.78 is 6.47. The molecule has 4 saturated carbocycles. The number of carboxylic acid groups (broad SMARTS) is 1. The van der Waals surface area contributed by atoms with Crippen LogP contribution in [0, 0.1) is 44.8 Å². The predicted octanol–water partition coefficient (Wildman–Crippen LogP) is 5.54. The Kier molecular flexibility index (Phi) is 5.35. The van der Waals surface area contributed by atoms with Crippen LogP contribution in [-0.2, 0) is 19.1 Å². The van der Waals surface area contributed by atoms with E-state index in [2.05, 4.69) is 34.6 Å². The van der Waals surface area contributed by atoms with Gasteiger partial charge in [0.1, 0.15) is 0 Å². The molecule has 0 amide bonds. The molecule has 5 aliphatic rings. The van der Waals surface area contributed by atoms with Crippen LogP contribution >= 0.6 is 0 Å². The van der Waals surface area contributed by atoms with Gasteiger partial charge in [-0.25, -0.2) is 0 Å². The van der Waals surface area contributed by atoms with Crippen LogP contribution in [-0.4, -0.2) is 39.1 Å². The van der Waals surface area contributed by atoms with Crippen molar-refractivity contribution >= 4 is 17.7 Å². The lowest BCUT2D eigenvalue weighted by Crippen LogP contribution is -2.74. The summed E-state index contributed by atoms with van der Waals surface area (Å²) in [5.41, 5.74) is -3.92. The Morgan fingerprint density at radius 2 is 1.64 bits per heavy atom. The second-order valence-electron chi connectivity index (χ2n) is 15.3. The van der Waals surface area contributed by atoms with Gasteiger partial charge in [0.2, 0.25) is 0 Å². The van der Waals surface area contributed by atoms with Gasteiger partial charge in [0.15, 0.2) is 11.4 Å². The van der Waals surface area contributed by atoms with Gasteiger partial charge >= 0.3 is 11.9 Å². The SMILES string of the molecule is CC1(C)CC[C@@]23CC[C@@]4(C)[C@]5(C)CC[C@@H](C(C)(C)O)[C@](C)(CCC(=O)O)C5CC(=O)[C@]4(OC2=O)[C@@H]3C1. The molecule has 8 atom stereocenters. The van der Waals surface area contributed by atoms with Crippen molar-refractivity contribution in [2.75, 3.05) is 0 Å². The van der Waals surface area contributed by atoms with Crippen LogP contribution in [0.25, 0.3) is 0 Å². The Labute approximate surface area is 215 Å². The third kappa shape index (κ3) is 2.97. The van der Waals surface area contributed by atoms with E-state index in [9.17, 15) is 24.6 Å². The minimum absolute atomic E-state index is 0.0145. The number of ether oxygens (including phenoxy) is 1. The standard InChI is InChI=1S/C30H46O6/c1-24(2)12-14-29-15-13-28(7)27(6)11-8-18(25(3,4)35)26(5,10-9-22(32)33)19(27)16-21(31)30(28,20(29)17-24)36-23(29)34/h18-20,35H,8-17H2,1-7H3,(H,32,33)/t18-,19?,20+,26-,27+,28-,29-,30+/m0/s1. The zero-order chi connectivity index (χ0) is 26.7. The van der Waals surface area contributed by atoms with Gasteiger partial charge in [0, 0.05) is 24.2 Å². The van der Waals surface area contributed by atoms with E-state index in [1.54, 1.807) is 0 Å². The summed E-state index contributed by atoms with van der Waals surface area (Å²) in [4.78, 5) is 39.9. The lowest BCUT2D eigenvalue weighted by atomic mass is 9.31. The maximum atomic E-state index is 14.5. The fourth-order valence-electron chi connectivity index (χ4n) is 10.8. The molecular formula is C30H46O6. The second-order valence-corrected chi connectivity index (χ2v) is 15.3. The molecule has 5 rings (SSSR count). The van der Waals surface area contributed by atoms with E-state index in [0.29, 0.717) is 6.42 Å². The fourth-order valence-corrected chi connectivity index (χ4v) is 10.8. The summed E-state index contributed by atoms with van der Waals surface area (Å²) in [6, 6.07) is 0. The number of rotatable bonds is 4. The van der Waals surface area contributed by atoms with Crippen LogP contribution in [0.5, 0.6) is 0 Å². The van der Waals surface area contributed by atoms with Gasteiger partial charge in [-0.1, -0.05) is 34.6 Å². The molecule has 6 heteroatoms. The summed E-state index contributed by atoms with van der Waals surface area (Å²) >= 11 is 0. The molecule has 0 aromatic carbocycles. The number of carbonyl (C=O) groups excluding carboxylic acids is 2. The normalized spacial score (nSPS) is 49.5. The Morgan fingerprint density at radius 1 is 1.00 bits per heavy atom. The molecule has 4 aliphatic carbocycles. The molecule has 1 heterocycles. The van der Waals surface area contributed by atoms with Gasteiger partial charge < -0.3 is 14.9 Å². The molecule has 2 N–H and O–H groups in total. The van der Waals surface area contributed by atoms with E-state index in [1.165, 1.54) is 0 Å². The number of Topliss-reactive ketones (excluding diaryl/α,β-unsaturated/α-hetero) is 1. The molecule has 36 heavy (non-hydrogen) atoms. The molecule has 0 radical (unpaired) electrons. The Balaban J connectivity index is 1.66. The number of esters is 1. The van der Waals surface area contributed by atoms with Crippen LogP contribution < -0.4 is 0 Å². The molecule has 202 valence electrons. The van der Waals surface area contributed by atoms with Crippen molar-refractivity contribution in [3.63, 3.8) is 0 Å². The van der Waals surface area contributed by atoms with Crippen molar-refractivity contribution in [2.24, 2.45) is 44.8 Å². The lowest BCUT2D eigenvalue weighted by molar-refractivity contribution is -0.263. The minimum Gasteiger partial charge on any atom is -0.481 e. The smallest absolute Gasteiger partial charge is 0.313 e. The zero-order valence-corrected chi connectivity index (χ0v) is 23.3. The summed E-state index contributed by atoms with van der Waals surface area (Å²) in [5.74, 6) is -1.25. The van der Waals surface area contributed by atoms with E-state index in [0.717, 1.165) is 44.9 Å². The molecule has 6 nitrogen and oxygen atoms in total. The van der Waals surface area contributed by atoms with Gasteiger partial charge in [-0.2, -0.15) is 0 Å². The number of hydrogen-bond acceptors (Lipinski definition) is 5. The predicted molar refractivity (Wildman–Crippen MR) is 135 cm³/mol. The molecule has 0 aromatic heterocycles. The molecule has 1 spiro atoms. The first-order valence-electron chi connectivity index (χ1n) is 14.1. The van der Waals surface area contributed by atoms with Gasteiger partial charge in [0.25, 0.3) is 0 Å². The van der Waals surface area contributed by atoms with Crippen molar-refractivity contribution in [1.82, 2.24) is 0 Å². The van der Waals surface area contributed by atoms with E-state index in [-0.39, 0.29) is 53.2 Å². The summed E-state index contributed by atoms with van der Waals surface area (Å²) in [7, 11) is 0. The van der Waals surface area contributed by atoms with Crippen molar-refractivity contribution in [3.8, 4) is 0 Å². The number of aliphatic carboxylic acids is 1. The van der Waals surface area contributed by atoms with E-state index in [1.807, 2.05) is 13.8 Å². The highest BCUT2D eigenvalue weighted by Crippen LogP contribution is 2.79. The highest BCUT2D eigenvalue weighted by molar-refractivity contribution is 5.98. The average Bonchev–Trinajstić information content (AvgIpc) is 2.93. The Morgan fingerprint density at radius 3 is 2.25 bits per heavy atom. The molecule has 1 unspecified atom stereocenters. The van der Waals surface area contributed by atoms with Crippen LogP contribution in [0.1, 0.15) is 113 Å². The van der Waals surface area contributed by atoms with Crippen LogP contribution in [0.2, 0.25) is 0 Å². The summed E-state index contributed by atoms with van der Waals surface area (Å²) in [5, 5.41) is 20.8. The molecular weight excluding hydrogens is 456 g/mol.